The van der Waals surface area contributed by atoms with Gasteiger partial charge in [0.1, 0.15) is 0 Å². The monoisotopic (exact) mass is 271 g/mol. The second-order valence-corrected chi connectivity index (χ2v) is 5.40. The van der Waals surface area contributed by atoms with Crippen LogP contribution in [0, 0.1) is 5.92 Å². The Bertz CT molecular complexity index is 368. The van der Waals surface area contributed by atoms with E-state index in [0.29, 0.717) is 6.10 Å². The van der Waals surface area contributed by atoms with Crippen LogP contribution in [-0.2, 0) is 11.8 Å². The van der Waals surface area contributed by atoms with Crippen molar-refractivity contribution in [2.24, 2.45) is 13.0 Å². The first kappa shape index (κ1) is 13.8. The Kier molecular flexibility index (Phi) is 4.65. The molecule has 1 aromatic heterocycles. The molecule has 1 fully saturated rings. The van der Waals surface area contributed by atoms with Crippen molar-refractivity contribution in [3.05, 3.63) is 16.9 Å². The van der Waals surface area contributed by atoms with E-state index in [2.05, 4.69) is 17.3 Å². The minimum atomic E-state index is 0.276. The van der Waals surface area contributed by atoms with Crippen molar-refractivity contribution in [3.63, 3.8) is 0 Å². The predicted molar refractivity (Wildman–Crippen MR) is 72.8 cm³/mol. The molecule has 0 spiro atoms. The lowest BCUT2D eigenvalue weighted by Crippen LogP contribution is -2.34. The molecule has 18 heavy (non-hydrogen) atoms. The van der Waals surface area contributed by atoms with Gasteiger partial charge < -0.3 is 10.1 Å². The molecule has 1 aliphatic rings. The van der Waals surface area contributed by atoms with Crippen LogP contribution in [0.4, 0.5) is 0 Å². The first-order chi connectivity index (χ1) is 8.65. The Labute approximate surface area is 114 Å². The van der Waals surface area contributed by atoms with Crippen molar-refractivity contribution in [1.82, 2.24) is 15.1 Å². The van der Waals surface area contributed by atoms with Crippen molar-refractivity contribution >= 4 is 11.6 Å². The van der Waals surface area contributed by atoms with Gasteiger partial charge in [-0.2, -0.15) is 5.10 Å². The summed E-state index contributed by atoms with van der Waals surface area (Å²) in [4.78, 5) is 0. The maximum atomic E-state index is 6.19. The van der Waals surface area contributed by atoms with Gasteiger partial charge in [-0.05, 0) is 39.2 Å². The fraction of sp³-hybridized carbons (Fsp3) is 0.769. The van der Waals surface area contributed by atoms with Gasteiger partial charge in [-0.15, -0.1) is 0 Å². The molecule has 1 N–H and O–H groups in total. The lowest BCUT2D eigenvalue weighted by molar-refractivity contribution is -0.0291. The van der Waals surface area contributed by atoms with Gasteiger partial charge in [-0.3, -0.25) is 4.68 Å². The van der Waals surface area contributed by atoms with Gasteiger partial charge in [0.05, 0.1) is 29.1 Å². The van der Waals surface area contributed by atoms with Gasteiger partial charge in [0.15, 0.2) is 0 Å². The number of hydrogen-bond donors (Lipinski definition) is 1. The molecule has 1 saturated carbocycles. The summed E-state index contributed by atoms with van der Waals surface area (Å²) in [6.45, 7) is 2.87. The van der Waals surface area contributed by atoms with E-state index in [1.54, 1.807) is 6.20 Å². The summed E-state index contributed by atoms with van der Waals surface area (Å²) in [6, 6.07) is 0.276. The van der Waals surface area contributed by atoms with E-state index >= 15 is 0 Å². The van der Waals surface area contributed by atoms with Crippen LogP contribution in [0.25, 0.3) is 0 Å². The smallest absolute Gasteiger partial charge is 0.0833 e. The van der Waals surface area contributed by atoms with Gasteiger partial charge in [0, 0.05) is 13.7 Å². The zero-order valence-corrected chi connectivity index (χ0v) is 12.1. The summed E-state index contributed by atoms with van der Waals surface area (Å²) in [6.07, 6.45) is 5.62. The van der Waals surface area contributed by atoms with Crippen LogP contribution in [0.15, 0.2) is 6.20 Å². The third kappa shape index (κ3) is 2.87. The van der Waals surface area contributed by atoms with Crippen LogP contribution < -0.4 is 5.32 Å². The Morgan fingerprint density at radius 2 is 2.33 bits per heavy atom. The molecule has 1 aromatic rings. The van der Waals surface area contributed by atoms with Gasteiger partial charge in [-0.25, -0.2) is 0 Å². The van der Waals surface area contributed by atoms with Crippen LogP contribution in [0.3, 0.4) is 0 Å². The second-order valence-electron chi connectivity index (χ2n) is 4.99. The first-order valence-electron chi connectivity index (χ1n) is 6.62. The summed E-state index contributed by atoms with van der Waals surface area (Å²) in [5, 5.41) is 8.29. The summed E-state index contributed by atoms with van der Waals surface area (Å²) < 4.78 is 7.46. The lowest BCUT2D eigenvalue weighted by atomic mass is 9.77. The number of nitrogens with zero attached hydrogens (tertiary/aromatic N) is 2. The van der Waals surface area contributed by atoms with Gasteiger partial charge in [0.2, 0.25) is 0 Å². The minimum absolute atomic E-state index is 0.276. The molecule has 0 amide bonds. The highest BCUT2D eigenvalue weighted by Crippen LogP contribution is 2.37. The molecule has 0 bridgehead atoms. The van der Waals surface area contributed by atoms with Crippen LogP contribution >= 0.6 is 11.6 Å². The molecule has 0 saturated heterocycles. The Morgan fingerprint density at radius 3 is 2.83 bits per heavy atom. The van der Waals surface area contributed by atoms with Crippen LogP contribution in [-0.4, -0.2) is 29.5 Å². The molecule has 0 aliphatic heterocycles. The van der Waals surface area contributed by atoms with Crippen LogP contribution in [0.1, 0.15) is 37.9 Å². The molecule has 102 valence electrons. The molecular formula is C13H22ClN3O. The first-order valence-corrected chi connectivity index (χ1v) is 6.99. The molecule has 4 nitrogen and oxygen atoms in total. The van der Waals surface area contributed by atoms with Crippen LogP contribution in [0.2, 0.25) is 5.02 Å². The van der Waals surface area contributed by atoms with E-state index in [1.165, 1.54) is 12.8 Å². The van der Waals surface area contributed by atoms with E-state index in [9.17, 15) is 0 Å². The number of hydrogen-bond acceptors (Lipinski definition) is 3. The lowest BCUT2D eigenvalue weighted by Gasteiger charge is -2.37. The second kappa shape index (κ2) is 6.04. The number of aromatic nitrogens is 2. The Morgan fingerprint density at radius 1 is 1.61 bits per heavy atom. The maximum Gasteiger partial charge on any atom is 0.0833 e. The van der Waals surface area contributed by atoms with Gasteiger partial charge in [0.25, 0.3) is 0 Å². The summed E-state index contributed by atoms with van der Waals surface area (Å²) in [7, 11) is 3.92. The number of halogens is 1. The SMILES string of the molecule is CCOC1CC(CC(NC)c2c(Cl)cnn2C)C1. The zero-order valence-electron chi connectivity index (χ0n) is 11.3. The minimum Gasteiger partial charge on any atom is -0.378 e. The number of rotatable bonds is 6. The van der Waals surface area contributed by atoms with Crippen LogP contribution in [0.5, 0.6) is 0 Å². The third-order valence-electron chi connectivity index (χ3n) is 3.78. The molecule has 1 unspecified atom stereocenters. The topological polar surface area (TPSA) is 39.1 Å². The van der Waals surface area contributed by atoms with Crippen molar-refractivity contribution in [2.45, 2.75) is 38.3 Å². The predicted octanol–water partition coefficient (Wildman–Crippen LogP) is 2.54. The fourth-order valence-electron chi connectivity index (χ4n) is 2.75. The highest BCUT2D eigenvalue weighted by Gasteiger charge is 2.32. The Hall–Kier alpha value is -0.580. The molecule has 1 atom stereocenters. The highest BCUT2D eigenvalue weighted by molar-refractivity contribution is 6.31. The average molecular weight is 272 g/mol. The van der Waals surface area contributed by atoms with Crippen molar-refractivity contribution in [3.8, 4) is 0 Å². The molecule has 0 radical (unpaired) electrons. The van der Waals surface area contributed by atoms with E-state index < -0.39 is 0 Å². The zero-order chi connectivity index (χ0) is 13.1. The number of aryl methyl sites for hydroxylation is 1. The third-order valence-corrected chi connectivity index (χ3v) is 4.07. The average Bonchev–Trinajstić information content (AvgIpc) is 2.63. The van der Waals surface area contributed by atoms with E-state index in [1.807, 2.05) is 18.8 Å². The van der Waals surface area contributed by atoms with E-state index in [4.69, 9.17) is 16.3 Å². The number of ether oxygens (including phenoxy) is 1. The maximum absolute atomic E-state index is 6.19. The summed E-state index contributed by atoms with van der Waals surface area (Å²) >= 11 is 6.19. The molecule has 2 rings (SSSR count). The van der Waals surface area contributed by atoms with Crippen molar-refractivity contribution < 1.29 is 4.74 Å². The molecule has 1 aliphatic carbocycles. The standard InChI is InChI=1S/C13H22ClN3O/c1-4-18-10-5-9(6-10)7-12(15-2)13-11(14)8-16-17(13)3/h8-10,12,15H,4-7H2,1-3H3. The fourth-order valence-corrected chi connectivity index (χ4v) is 3.05. The highest BCUT2D eigenvalue weighted by atomic mass is 35.5. The van der Waals surface area contributed by atoms with Crippen molar-refractivity contribution in [2.75, 3.05) is 13.7 Å². The summed E-state index contributed by atoms with van der Waals surface area (Å²) in [5.41, 5.74) is 1.08. The van der Waals surface area contributed by atoms with Gasteiger partial charge in [-0.1, -0.05) is 11.6 Å². The summed E-state index contributed by atoms with van der Waals surface area (Å²) in [5.74, 6) is 0.727. The quantitative estimate of drug-likeness (QED) is 0.864. The Balaban J connectivity index is 1.91. The molecule has 5 heteroatoms. The van der Waals surface area contributed by atoms with E-state index in [0.717, 1.165) is 29.7 Å². The molecular weight excluding hydrogens is 250 g/mol. The normalized spacial score (nSPS) is 24.9. The van der Waals surface area contributed by atoms with E-state index in [-0.39, 0.29) is 6.04 Å². The van der Waals surface area contributed by atoms with Crippen molar-refractivity contribution in [1.29, 1.82) is 0 Å². The molecule has 1 heterocycles. The largest absolute Gasteiger partial charge is 0.378 e. The van der Waals surface area contributed by atoms with Gasteiger partial charge >= 0.3 is 0 Å². The number of nitrogens with one attached hydrogen (secondary N) is 1. The molecule has 0 aromatic carbocycles.